The molecule has 7 heteroatoms. The SMILES string of the molecule is C[C@@H]1CN([C@H](C)CO)C(=O)c2cc(C#Cc3ccccc3)cnc2O[C@@H]1CN(C)CC1CCOCC1. The van der Waals surface area contributed by atoms with Gasteiger partial charge in [-0.25, -0.2) is 4.98 Å². The molecule has 0 bridgehead atoms. The number of likely N-dealkylation sites (N-methyl/N-ethyl adjacent to an activating group) is 1. The first-order valence-corrected chi connectivity index (χ1v) is 12.9. The molecule has 0 spiro atoms. The molecule has 2 aromatic rings. The average Bonchev–Trinajstić information content (AvgIpc) is 2.90. The second-order valence-electron chi connectivity index (χ2n) is 10.1. The van der Waals surface area contributed by atoms with Gasteiger partial charge in [0.2, 0.25) is 5.88 Å². The van der Waals surface area contributed by atoms with E-state index in [0.29, 0.717) is 29.5 Å². The number of hydrogen-bond donors (Lipinski definition) is 1. The minimum atomic E-state index is -0.314. The van der Waals surface area contributed by atoms with Gasteiger partial charge < -0.3 is 24.4 Å². The van der Waals surface area contributed by atoms with Crippen LogP contribution in [0.2, 0.25) is 0 Å². The number of aliphatic hydroxyl groups excluding tert-OH is 1. The minimum absolute atomic E-state index is 0.0626. The van der Waals surface area contributed by atoms with E-state index >= 15 is 0 Å². The van der Waals surface area contributed by atoms with E-state index in [0.717, 1.165) is 44.7 Å². The van der Waals surface area contributed by atoms with Crippen molar-refractivity contribution in [3.05, 3.63) is 59.3 Å². The summed E-state index contributed by atoms with van der Waals surface area (Å²) in [6, 6.07) is 11.2. The molecule has 3 atom stereocenters. The van der Waals surface area contributed by atoms with Crippen molar-refractivity contribution < 1.29 is 19.4 Å². The molecule has 2 aliphatic heterocycles. The average molecular weight is 492 g/mol. The number of fused-ring (bicyclic) bond motifs is 1. The van der Waals surface area contributed by atoms with Gasteiger partial charge in [-0.3, -0.25) is 4.79 Å². The summed E-state index contributed by atoms with van der Waals surface area (Å²) in [6.45, 7) is 7.73. The molecule has 7 nitrogen and oxygen atoms in total. The van der Waals surface area contributed by atoms with Crippen LogP contribution in [0.4, 0.5) is 0 Å². The van der Waals surface area contributed by atoms with Crippen molar-refractivity contribution in [2.75, 3.05) is 46.5 Å². The highest BCUT2D eigenvalue weighted by molar-refractivity contribution is 5.97. The lowest BCUT2D eigenvalue weighted by atomic mass is 9.97. The molecule has 36 heavy (non-hydrogen) atoms. The fourth-order valence-corrected chi connectivity index (χ4v) is 4.81. The third kappa shape index (κ3) is 6.64. The molecule has 1 aromatic heterocycles. The maximum absolute atomic E-state index is 13.6. The van der Waals surface area contributed by atoms with Crippen molar-refractivity contribution in [3.63, 3.8) is 0 Å². The molecular weight excluding hydrogens is 454 g/mol. The molecule has 1 saturated heterocycles. The number of hydrogen-bond acceptors (Lipinski definition) is 6. The number of ether oxygens (including phenoxy) is 2. The normalized spacial score (nSPS) is 21.6. The van der Waals surface area contributed by atoms with Gasteiger partial charge in [0.1, 0.15) is 11.7 Å². The zero-order chi connectivity index (χ0) is 25.5. The number of aromatic nitrogens is 1. The molecule has 2 aliphatic rings. The number of rotatable bonds is 6. The predicted octanol–water partition coefficient (Wildman–Crippen LogP) is 3.06. The Morgan fingerprint density at radius 2 is 1.89 bits per heavy atom. The van der Waals surface area contributed by atoms with E-state index in [-0.39, 0.29) is 30.6 Å². The molecule has 192 valence electrons. The molecule has 0 aliphatic carbocycles. The molecule has 1 N–H and O–H groups in total. The number of carbonyl (C=O) groups is 1. The molecule has 4 rings (SSSR count). The summed E-state index contributed by atoms with van der Waals surface area (Å²) in [7, 11) is 2.13. The van der Waals surface area contributed by atoms with Crippen LogP contribution in [-0.4, -0.2) is 84.4 Å². The van der Waals surface area contributed by atoms with E-state index in [4.69, 9.17) is 9.47 Å². The van der Waals surface area contributed by atoms with E-state index in [1.807, 2.05) is 37.3 Å². The van der Waals surface area contributed by atoms with Crippen LogP contribution < -0.4 is 4.74 Å². The molecule has 0 saturated carbocycles. The molecule has 0 radical (unpaired) electrons. The van der Waals surface area contributed by atoms with Crippen molar-refractivity contribution in [1.82, 2.24) is 14.8 Å². The van der Waals surface area contributed by atoms with Crippen molar-refractivity contribution >= 4 is 5.91 Å². The first-order valence-electron chi connectivity index (χ1n) is 12.9. The number of nitrogens with zero attached hydrogens (tertiary/aromatic N) is 3. The van der Waals surface area contributed by atoms with Gasteiger partial charge >= 0.3 is 0 Å². The Bertz CT molecular complexity index is 1070. The van der Waals surface area contributed by atoms with Crippen molar-refractivity contribution in [3.8, 4) is 17.7 Å². The van der Waals surface area contributed by atoms with Crippen LogP contribution in [0.25, 0.3) is 0 Å². The van der Waals surface area contributed by atoms with Gasteiger partial charge in [0, 0.05) is 56.1 Å². The number of pyridine rings is 1. The lowest BCUT2D eigenvalue weighted by Gasteiger charge is -2.38. The number of aliphatic hydroxyl groups is 1. The van der Waals surface area contributed by atoms with Crippen LogP contribution in [0, 0.1) is 23.7 Å². The monoisotopic (exact) mass is 491 g/mol. The number of benzene rings is 1. The second-order valence-corrected chi connectivity index (χ2v) is 10.1. The van der Waals surface area contributed by atoms with E-state index < -0.39 is 0 Å². The van der Waals surface area contributed by atoms with Crippen LogP contribution in [0.15, 0.2) is 42.6 Å². The predicted molar refractivity (Wildman–Crippen MR) is 139 cm³/mol. The Morgan fingerprint density at radius 1 is 1.17 bits per heavy atom. The van der Waals surface area contributed by atoms with Crippen molar-refractivity contribution in [1.29, 1.82) is 0 Å². The zero-order valence-corrected chi connectivity index (χ0v) is 21.5. The van der Waals surface area contributed by atoms with Gasteiger partial charge in [-0.1, -0.05) is 37.0 Å². The van der Waals surface area contributed by atoms with Crippen LogP contribution in [0.1, 0.15) is 48.2 Å². The Hall–Kier alpha value is -2.92. The van der Waals surface area contributed by atoms with Crippen LogP contribution >= 0.6 is 0 Å². The van der Waals surface area contributed by atoms with Gasteiger partial charge in [-0.2, -0.15) is 0 Å². The summed E-state index contributed by atoms with van der Waals surface area (Å²) in [4.78, 5) is 22.2. The summed E-state index contributed by atoms with van der Waals surface area (Å²) < 4.78 is 11.9. The standard InChI is InChI=1S/C29H37N3O4/c1-21-17-32(22(2)20-33)29(34)26-15-25(10-9-23-7-5-4-6-8-23)16-30-28(26)36-27(21)19-31(3)18-24-11-13-35-14-12-24/h4-8,15-16,21-22,24,27,33H,11-14,17-20H2,1-3H3/t21-,22-,27-/m1/s1. The summed E-state index contributed by atoms with van der Waals surface area (Å²) in [6.07, 6.45) is 3.68. The zero-order valence-electron chi connectivity index (χ0n) is 21.5. The van der Waals surface area contributed by atoms with E-state index in [9.17, 15) is 9.90 Å². The summed E-state index contributed by atoms with van der Waals surface area (Å²) in [5.74, 6) is 7.06. The lowest BCUT2D eigenvalue weighted by molar-refractivity contribution is 0.0254. The Kier molecular flexibility index (Phi) is 8.98. The first-order chi connectivity index (χ1) is 17.4. The topological polar surface area (TPSA) is 75.1 Å². The van der Waals surface area contributed by atoms with Crippen LogP contribution in [-0.2, 0) is 4.74 Å². The Labute approximate surface area is 214 Å². The molecular formula is C29H37N3O4. The highest BCUT2D eigenvalue weighted by atomic mass is 16.5. The Morgan fingerprint density at radius 3 is 2.61 bits per heavy atom. The largest absolute Gasteiger partial charge is 0.472 e. The van der Waals surface area contributed by atoms with Gasteiger partial charge in [0.25, 0.3) is 5.91 Å². The molecule has 1 amide bonds. The van der Waals surface area contributed by atoms with Gasteiger partial charge in [-0.05, 0) is 50.9 Å². The third-order valence-corrected chi connectivity index (χ3v) is 7.05. The van der Waals surface area contributed by atoms with Crippen molar-refractivity contribution in [2.45, 2.75) is 38.8 Å². The second kappa shape index (κ2) is 12.4. The number of amides is 1. The lowest BCUT2D eigenvalue weighted by Crippen LogP contribution is -2.50. The van der Waals surface area contributed by atoms with Gasteiger partial charge in [0.05, 0.1) is 12.6 Å². The van der Waals surface area contributed by atoms with Gasteiger partial charge in [0.15, 0.2) is 0 Å². The van der Waals surface area contributed by atoms with Gasteiger partial charge in [-0.15, -0.1) is 0 Å². The van der Waals surface area contributed by atoms with E-state index in [2.05, 4.69) is 35.7 Å². The number of carbonyl (C=O) groups excluding carboxylic acids is 1. The smallest absolute Gasteiger partial charge is 0.259 e. The summed E-state index contributed by atoms with van der Waals surface area (Å²) >= 11 is 0. The van der Waals surface area contributed by atoms with E-state index in [1.54, 1.807) is 17.2 Å². The molecule has 0 unspecified atom stereocenters. The van der Waals surface area contributed by atoms with Crippen molar-refractivity contribution in [2.24, 2.45) is 11.8 Å². The third-order valence-electron chi connectivity index (χ3n) is 7.05. The summed E-state index contributed by atoms with van der Waals surface area (Å²) in [5, 5.41) is 9.88. The van der Waals surface area contributed by atoms with Crippen LogP contribution in [0.3, 0.4) is 0 Å². The fourth-order valence-electron chi connectivity index (χ4n) is 4.81. The maximum Gasteiger partial charge on any atom is 0.259 e. The minimum Gasteiger partial charge on any atom is -0.472 e. The molecule has 1 aromatic carbocycles. The quantitative estimate of drug-likeness (QED) is 0.626. The highest BCUT2D eigenvalue weighted by Gasteiger charge is 2.34. The Balaban J connectivity index is 1.59. The summed E-state index contributed by atoms with van der Waals surface area (Å²) in [5.41, 5.74) is 1.93. The fraction of sp³-hybridized carbons (Fsp3) is 0.517. The maximum atomic E-state index is 13.6. The molecule has 3 heterocycles. The van der Waals surface area contributed by atoms with Crippen LogP contribution in [0.5, 0.6) is 5.88 Å². The highest BCUT2D eigenvalue weighted by Crippen LogP contribution is 2.27. The first kappa shape index (κ1) is 26.2. The van der Waals surface area contributed by atoms with E-state index in [1.165, 1.54) is 0 Å². The molecule has 1 fully saturated rings.